The molecule has 3 N–H and O–H groups in total. The van der Waals surface area contributed by atoms with Crippen molar-refractivity contribution in [1.29, 1.82) is 0 Å². The molecule has 1 atom stereocenters. The molecule has 0 aliphatic carbocycles. The van der Waals surface area contributed by atoms with Crippen molar-refractivity contribution in [2.45, 2.75) is 6.04 Å². The van der Waals surface area contributed by atoms with Gasteiger partial charge in [0.2, 0.25) is 0 Å². The number of amides is 1. The second kappa shape index (κ2) is 1.72. The van der Waals surface area contributed by atoms with E-state index in [2.05, 4.69) is 5.43 Å². The van der Waals surface area contributed by atoms with Gasteiger partial charge in [0.1, 0.15) is 6.04 Å². The van der Waals surface area contributed by atoms with Crippen LogP contribution >= 0.6 is 0 Å². The Kier molecular flexibility index (Phi) is 1.19. The molecular formula is C4H9N3O. The average Bonchev–Trinajstić information content (AvgIpc) is 1.85. The van der Waals surface area contributed by atoms with Gasteiger partial charge in [-0.3, -0.25) is 10.2 Å². The van der Waals surface area contributed by atoms with E-state index in [4.69, 9.17) is 5.73 Å². The van der Waals surface area contributed by atoms with E-state index < -0.39 is 0 Å². The van der Waals surface area contributed by atoms with E-state index in [1.54, 1.807) is 12.1 Å². The van der Waals surface area contributed by atoms with Crippen molar-refractivity contribution in [3.8, 4) is 0 Å². The van der Waals surface area contributed by atoms with Gasteiger partial charge in [-0.2, -0.15) is 0 Å². The highest BCUT2D eigenvalue weighted by molar-refractivity contribution is 5.82. The van der Waals surface area contributed by atoms with Crippen molar-refractivity contribution < 1.29 is 4.79 Å². The van der Waals surface area contributed by atoms with Crippen LogP contribution in [-0.4, -0.2) is 30.6 Å². The summed E-state index contributed by atoms with van der Waals surface area (Å²) in [5.41, 5.74) is 7.85. The first-order chi connectivity index (χ1) is 3.70. The Labute approximate surface area is 47.6 Å². The van der Waals surface area contributed by atoms with Crippen LogP contribution in [0, 0.1) is 0 Å². The van der Waals surface area contributed by atoms with Gasteiger partial charge in [-0.25, -0.2) is 5.01 Å². The second-order valence-electron chi connectivity index (χ2n) is 1.96. The van der Waals surface area contributed by atoms with Crippen LogP contribution in [-0.2, 0) is 4.79 Å². The number of rotatable bonds is 0. The average molecular weight is 115 g/mol. The van der Waals surface area contributed by atoms with Gasteiger partial charge in [-0.1, -0.05) is 0 Å². The van der Waals surface area contributed by atoms with E-state index in [1.807, 2.05) is 0 Å². The van der Waals surface area contributed by atoms with E-state index in [-0.39, 0.29) is 11.9 Å². The Morgan fingerprint density at radius 1 is 2.00 bits per heavy atom. The number of nitrogens with one attached hydrogen (secondary N) is 1. The summed E-state index contributed by atoms with van der Waals surface area (Å²) >= 11 is 0. The number of hydrogen-bond acceptors (Lipinski definition) is 3. The molecule has 1 heterocycles. The number of likely N-dealkylation sites (N-methyl/N-ethyl adjacent to an activating group) is 1. The Morgan fingerprint density at radius 2 is 2.62 bits per heavy atom. The highest BCUT2D eigenvalue weighted by Gasteiger charge is 2.23. The highest BCUT2D eigenvalue weighted by atomic mass is 16.2. The zero-order valence-corrected chi connectivity index (χ0v) is 4.72. The fraction of sp³-hybridized carbons (Fsp3) is 0.750. The molecule has 1 fully saturated rings. The van der Waals surface area contributed by atoms with Gasteiger partial charge >= 0.3 is 0 Å². The molecule has 0 spiro atoms. The van der Waals surface area contributed by atoms with Gasteiger partial charge in [0.25, 0.3) is 5.91 Å². The predicted octanol–water partition coefficient (Wildman–Crippen LogP) is -1.71. The summed E-state index contributed by atoms with van der Waals surface area (Å²) in [6, 6.07) is -0.333. The van der Waals surface area contributed by atoms with Crippen LogP contribution in [0.25, 0.3) is 0 Å². The molecule has 0 bridgehead atoms. The molecule has 0 aromatic carbocycles. The van der Waals surface area contributed by atoms with Crippen molar-refractivity contribution in [2.75, 3.05) is 13.6 Å². The minimum atomic E-state index is -0.333. The van der Waals surface area contributed by atoms with Gasteiger partial charge in [0, 0.05) is 13.6 Å². The molecule has 1 aliphatic heterocycles. The monoisotopic (exact) mass is 115 g/mol. The van der Waals surface area contributed by atoms with Crippen LogP contribution < -0.4 is 11.2 Å². The summed E-state index contributed by atoms with van der Waals surface area (Å²) in [5, 5.41) is 1.67. The van der Waals surface area contributed by atoms with Crippen molar-refractivity contribution in [3.63, 3.8) is 0 Å². The second-order valence-corrected chi connectivity index (χ2v) is 1.96. The number of hydrazine groups is 1. The van der Waals surface area contributed by atoms with Gasteiger partial charge < -0.3 is 5.73 Å². The first-order valence-electron chi connectivity index (χ1n) is 2.47. The summed E-state index contributed by atoms with van der Waals surface area (Å²) in [6.45, 7) is 0.610. The summed E-state index contributed by atoms with van der Waals surface area (Å²) < 4.78 is 0. The molecule has 0 aromatic heterocycles. The lowest BCUT2D eigenvalue weighted by molar-refractivity contribution is -0.121. The maximum atomic E-state index is 10.5. The van der Waals surface area contributed by atoms with Gasteiger partial charge in [-0.15, -0.1) is 0 Å². The van der Waals surface area contributed by atoms with Crippen LogP contribution in [0.15, 0.2) is 0 Å². The Morgan fingerprint density at radius 3 is 2.75 bits per heavy atom. The minimum absolute atomic E-state index is 0.0903. The maximum absolute atomic E-state index is 10.5. The summed E-state index contributed by atoms with van der Waals surface area (Å²) in [5.74, 6) is -0.0903. The Balaban J connectivity index is 2.51. The fourth-order valence-corrected chi connectivity index (χ4v) is 0.695. The van der Waals surface area contributed by atoms with Gasteiger partial charge in [0.05, 0.1) is 0 Å². The van der Waals surface area contributed by atoms with Crippen molar-refractivity contribution >= 4 is 5.91 Å². The van der Waals surface area contributed by atoms with Crippen LogP contribution in [0.2, 0.25) is 0 Å². The molecule has 46 valence electrons. The zero-order valence-electron chi connectivity index (χ0n) is 4.72. The molecule has 1 rings (SSSR count). The third-order valence-electron chi connectivity index (χ3n) is 1.11. The molecule has 1 aliphatic rings. The summed E-state index contributed by atoms with van der Waals surface area (Å²) in [4.78, 5) is 10.5. The predicted molar refractivity (Wildman–Crippen MR) is 28.7 cm³/mol. The van der Waals surface area contributed by atoms with Crippen LogP contribution in [0.5, 0.6) is 0 Å². The molecule has 1 amide bonds. The summed E-state index contributed by atoms with van der Waals surface area (Å²) in [7, 11) is 1.78. The van der Waals surface area contributed by atoms with E-state index in [0.29, 0.717) is 6.54 Å². The number of carbonyl (C=O) groups is 1. The van der Waals surface area contributed by atoms with Crippen LogP contribution in [0.4, 0.5) is 0 Å². The van der Waals surface area contributed by atoms with Crippen LogP contribution in [0.3, 0.4) is 0 Å². The van der Waals surface area contributed by atoms with Crippen molar-refractivity contribution in [3.05, 3.63) is 0 Å². The number of nitrogens with zero attached hydrogens (tertiary/aromatic N) is 1. The normalized spacial score (nSPS) is 30.8. The highest BCUT2D eigenvalue weighted by Crippen LogP contribution is 1.91. The van der Waals surface area contributed by atoms with Gasteiger partial charge in [-0.05, 0) is 0 Å². The first kappa shape index (κ1) is 5.53. The van der Waals surface area contributed by atoms with E-state index in [1.165, 1.54) is 0 Å². The third-order valence-corrected chi connectivity index (χ3v) is 1.11. The van der Waals surface area contributed by atoms with Crippen molar-refractivity contribution in [1.82, 2.24) is 10.4 Å². The topological polar surface area (TPSA) is 58.4 Å². The molecular weight excluding hydrogens is 106 g/mol. The van der Waals surface area contributed by atoms with Crippen molar-refractivity contribution in [2.24, 2.45) is 5.73 Å². The third kappa shape index (κ3) is 0.801. The van der Waals surface area contributed by atoms with E-state index in [9.17, 15) is 4.79 Å². The Bertz CT molecular complexity index is 114. The first-order valence-corrected chi connectivity index (χ1v) is 2.47. The number of hydrogen-bond donors (Lipinski definition) is 2. The van der Waals surface area contributed by atoms with E-state index in [0.717, 1.165) is 0 Å². The lowest BCUT2D eigenvalue weighted by Crippen LogP contribution is -2.32. The standard InChI is InChI=1S/C4H9N3O/c1-7-2-3(5)4(8)6-7/h3H,2,5H2,1H3,(H,6,8). The lowest BCUT2D eigenvalue weighted by atomic mass is 10.3. The SMILES string of the molecule is CN1CC(N)C(=O)N1. The molecule has 4 nitrogen and oxygen atoms in total. The zero-order chi connectivity index (χ0) is 6.15. The minimum Gasteiger partial charge on any atom is -0.319 e. The number of carbonyl (C=O) groups excluding carboxylic acids is 1. The molecule has 4 heteroatoms. The number of nitrogens with two attached hydrogens (primary N) is 1. The molecule has 8 heavy (non-hydrogen) atoms. The van der Waals surface area contributed by atoms with Gasteiger partial charge in [0.15, 0.2) is 0 Å². The van der Waals surface area contributed by atoms with Crippen LogP contribution in [0.1, 0.15) is 0 Å². The largest absolute Gasteiger partial charge is 0.319 e. The molecule has 0 aromatic rings. The smallest absolute Gasteiger partial charge is 0.252 e. The molecule has 0 radical (unpaired) electrons. The Hall–Kier alpha value is -0.610. The molecule has 1 unspecified atom stereocenters. The fourth-order valence-electron chi connectivity index (χ4n) is 0.695. The lowest BCUT2D eigenvalue weighted by Gasteiger charge is -2.02. The molecule has 1 saturated heterocycles. The van der Waals surface area contributed by atoms with E-state index >= 15 is 0 Å². The quantitative estimate of drug-likeness (QED) is 0.395. The maximum Gasteiger partial charge on any atom is 0.252 e. The summed E-state index contributed by atoms with van der Waals surface area (Å²) in [6.07, 6.45) is 0. The molecule has 0 saturated carbocycles.